The lowest BCUT2D eigenvalue weighted by Gasteiger charge is -2.13. The number of nitrogens with zero attached hydrogens (tertiary/aromatic N) is 1. The van der Waals surface area contributed by atoms with Crippen molar-refractivity contribution in [2.24, 2.45) is 0 Å². The number of ether oxygens (including phenoxy) is 1. The van der Waals surface area contributed by atoms with E-state index >= 15 is 0 Å². The van der Waals surface area contributed by atoms with Gasteiger partial charge in [0, 0.05) is 43.7 Å². The minimum Gasteiger partial charge on any atom is -0.508 e. The predicted octanol–water partition coefficient (Wildman–Crippen LogP) is 7.97. The first-order chi connectivity index (χ1) is 22.7. The average molecular weight is 706 g/mol. The number of phenols is 1. The van der Waals surface area contributed by atoms with Crippen LogP contribution in [0.15, 0.2) is 107 Å². The lowest BCUT2D eigenvalue weighted by atomic mass is 10.1. The van der Waals surface area contributed by atoms with Crippen LogP contribution in [-0.4, -0.2) is 40.7 Å². The van der Waals surface area contributed by atoms with Gasteiger partial charge in [-0.25, -0.2) is 4.98 Å². The Hall–Kier alpha value is -4.81. The van der Waals surface area contributed by atoms with Gasteiger partial charge in [0.25, 0.3) is 11.8 Å². The average Bonchev–Trinajstić information content (AvgIpc) is 3.52. The van der Waals surface area contributed by atoms with Crippen LogP contribution in [0.5, 0.6) is 11.5 Å². The SMILES string of the molecule is COc1cc(O)ccc1/C=C(/NC(=O)c1ccccc1)C(=O)Nc1cccc(SCC(=O)Nc2nc(-c3ccc(Cl)cc3Cl)cs2)c1. The number of aromatic nitrogens is 1. The number of anilines is 2. The van der Waals surface area contributed by atoms with Gasteiger partial charge in [-0.3, -0.25) is 14.4 Å². The number of benzene rings is 4. The molecule has 0 saturated heterocycles. The largest absolute Gasteiger partial charge is 0.508 e. The molecule has 238 valence electrons. The number of methoxy groups -OCH3 is 1. The molecule has 0 saturated carbocycles. The van der Waals surface area contributed by atoms with Crippen LogP contribution in [0.25, 0.3) is 17.3 Å². The number of amides is 3. The van der Waals surface area contributed by atoms with Crippen molar-refractivity contribution in [2.45, 2.75) is 4.90 Å². The smallest absolute Gasteiger partial charge is 0.272 e. The van der Waals surface area contributed by atoms with Crippen LogP contribution in [0.1, 0.15) is 15.9 Å². The molecule has 0 aliphatic carbocycles. The number of carbonyl (C=O) groups is 3. The normalized spacial score (nSPS) is 11.1. The van der Waals surface area contributed by atoms with E-state index in [0.717, 1.165) is 4.90 Å². The molecule has 0 spiro atoms. The summed E-state index contributed by atoms with van der Waals surface area (Å²) in [5.41, 5.74) is 2.55. The van der Waals surface area contributed by atoms with E-state index in [2.05, 4.69) is 20.9 Å². The second kappa shape index (κ2) is 15.7. The monoisotopic (exact) mass is 704 g/mol. The summed E-state index contributed by atoms with van der Waals surface area (Å²) < 4.78 is 5.35. The summed E-state index contributed by atoms with van der Waals surface area (Å²) in [6.45, 7) is 0. The van der Waals surface area contributed by atoms with E-state index < -0.39 is 11.8 Å². The van der Waals surface area contributed by atoms with E-state index in [1.54, 1.807) is 78.2 Å². The highest BCUT2D eigenvalue weighted by Crippen LogP contribution is 2.33. The first kappa shape index (κ1) is 33.6. The third-order valence-corrected chi connectivity index (χ3v) is 8.76. The number of aromatic hydroxyl groups is 1. The fraction of sp³-hybridized carbons (Fsp3) is 0.0588. The fourth-order valence-corrected chi connectivity index (χ4v) is 6.22. The molecule has 5 rings (SSSR count). The molecule has 0 unspecified atom stereocenters. The van der Waals surface area contributed by atoms with Crippen molar-refractivity contribution in [3.8, 4) is 22.8 Å². The van der Waals surface area contributed by atoms with Gasteiger partial charge in [-0.2, -0.15) is 0 Å². The van der Waals surface area contributed by atoms with Gasteiger partial charge >= 0.3 is 0 Å². The number of rotatable bonds is 11. The Balaban J connectivity index is 1.25. The Morgan fingerprint density at radius 1 is 0.957 bits per heavy atom. The second-order valence-corrected chi connectivity index (χ2v) is 12.5. The quantitative estimate of drug-likeness (QED) is 0.0811. The molecule has 4 aromatic carbocycles. The number of carbonyl (C=O) groups excluding carboxylic acids is 3. The zero-order valence-electron chi connectivity index (χ0n) is 24.6. The van der Waals surface area contributed by atoms with Crippen LogP contribution in [-0.2, 0) is 9.59 Å². The minimum absolute atomic E-state index is 0.0134. The summed E-state index contributed by atoms with van der Waals surface area (Å²) in [6, 6.07) is 25.0. The Bertz CT molecular complexity index is 1970. The standard InChI is InChI=1S/C34H26Cl2N4O5S2/c1-45-30-17-24(41)12-10-21(30)14-28(38-32(43)20-6-3-2-4-7-20)33(44)37-23-8-5-9-25(16-23)46-19-31(42)40-34-39-29(18-47-34)26-13-11-22(35)15-27(26)36/h2-18,41H,19H2,1H3,(H,37,44)(H,38,43)(H,39,40,42)/b28-14+. The first-order valence-corrected chi connectivity index (χ1v) is 16.5. The summed E-state index contributed by atoms with van der Waals surface area (Å²) in [5, 5.41) is 21.3. The number of thioether (sulfide) groups is 1. The van der Waals surface area contributed by atoms with Crippen LogP contribution in [0.3, 0.4) is 0 Å². The van der Waals surface area contributed by atoms with E-state index in [4.69, 9.17) is 27.9 Å². The van der Waals surface area contributed by atoms with E-state index in [0.29, 0.717) is 49.0 Å². The molecule has 13 heteroatoms. The lowest BCUT2D eigenvalue weighted by Crippen LogP contribution is -2.30. The molecule has 0 aliphatic rings. The maximum absolute atomic E-state index is 13.5. The third-order valence-electron chi connectivity index (χ3n) is 6.47. The van der Waals surface area contributed by atoms with Crippen LogP contribution >= 0.6 is 46.3 Å². The van der Waals surface area contributed by atoms with Crippen molar-refractivity contribution in [1.29, 1.82) is 0 Å². The zero-order chi connectivity index (χ0) is 33.3. The second-order valence-electron chi connectivity index (χ2n) is 9.79. The zero-order valence-corrected chi connectivity index (χ0v) is 27.8. The fourth-order valence-electron chi connectivity index (χ4n) is 4.24. The minimum atomic E-state index is -0.593. The molecule has 47 heavy (non-hydrogen) atoms. The number of nitrogens with one attached hydrogen (secondary N) is 3. The highest BCUT2D eigenvalue weighted by molar-refractivity contribution is 8.00. The van der Waals surface area contributed by atoms with Gasteiger partial charge in [0.2, 0.25) is 5.91 Å². The van der Waals surface area contributed by atoms with Crippen molar-refractivity contribution < 1.29 is 24.2 Å². The first-order valence-electron chi connectivity index (χ1n) is 13.9. The van der Waals surface area contributed by atoms with Gasteiger partial charge in [0.05, 0.1) is 23.6 Å². The molecule has 0 atom stereocenters. The Morgan fingerprint density at radius 3 is 2.53 bits per heavy atom. The highest BCUT2D eigenvalue weighted by atomic mass is 35.5. The summed E-state index contributed by atoms with van der Waals surface area (Å²) in [5.74, 6) is -0.950. The van der Waals surface area contributed by atoms with Gasteiger partial charge in [-0.1, -0.05) is 47.5 Å². The van der Waals surface area contributed by atoms with E-state index in [1.807, 2.05) is 6.07 Å². The van der Waals surface area contributed by atoms with Gasteiger partial charge in [-0.15, -0.1) is 23.1 Å². The topological polar surface area (TPSA) is 130 Å². The molecular weight excluding hydrogens is 679 g/mol. The van der Waals surface area contributed by atoms with Crippen molar-refractivity contribution in [3.63, 3.8) is 0 Å². The molecule has 1 heterocycles. The van der Waals surface area contributed by atoms with E-state index in [-0.39, 0.29) is 23.1 Å². The maximum Gasteiger partial charge on any atom is 0.272 e. The van der Waals surface area contributed by atoms with E-state index in [1.165, 1.54) is 48.4 Å². The summed E-state index contributed by atoms with van der Waals surface area (Å²) >= 11 is 14.8. The molecular formula is C34H26Cl2N4O5S2. The van der Waals surface area contributed by atoms with Gasteiger partial charge in [0.15, 0.2) is 5.13 Å². The highest BCUT2D eigenvalue weighted by Gasteiger charge is 2.17. The number of halogens is 2. The van der Waals surface area contributed by atoms with Crippen molar-refractivity contribution in [3.05, 3.63) is 123 Å². The molecule has 5 aromatic rings. The van der Waals surface area contributed by atoms with Crippen molar-refractivity contribution in [1.82, 2.24) is 10.3 Å². The number of hydrogen-bond donors (Lipinski definition) is 4. The van der Waals surface area contributed by atoms with Gasteiger partial charge in [-0.05, 0) is 66.7 Å². The maximum atomic E-state index is 13.5. The van der Waals surface area contributed by atoms with Crippen LogP contribution in [0.2, 0.25) is 10.0 Å². The van der Waals surface area contributed by atoms with Crippen LogP contribution in [0.4, 0.5) is 10.8 Å². The van der Waals surface area contributed by atoms with E-state index in [9.17, 15) is 19.5 Å². The molecule has 0 fully saturated rings. The van der Waals surface area contributed by atoms with Crippen molar-refractivity contribution >= 4 is 80.9 Å². The van der Waals surface area contributed by atoms with Gasteiger partial charge < -0.3 is 25.8 Å². The molecule has 0 aliphatic heterocycles. The molecule has 1 aromatic heterocycles. The number of thiazole rings is 1. The molecule has 0 bridgehead atoms. The summed E-state index contributed by atoms with van der Waals surface area (Å²) in [4.78, 5) is 44.4. The lowest BCUT2D eigenvalue weighted by molar-refractivity contribution is -0.114. The Morgan fingerprint density at radius 2 is 1.77 bits per heavy atom. The molecule has 4 N–H and O–H groups in total. The third kappa shape index (κ3) is 9.14. The van der Waals surface area contributed by atoms with Crippen LogP contribution in [0, 0.1) is 0 Å². The van der Waals surface area contributed by atoms with Gasteiger partial charge in [0.1, 0.15) is 17.2 Å². The summed E-state index contributed by atoms with van der Waals surface area (Å²) in [7, 11) is 1.43. The Labute approximate surface area is 288 Å². The van der Waals surface area contributed by atoms with Crippen LogP contribution < -0.4 is 20.7 Å². The molecule has 0 radical (unpaired) electrons. The van der Waals surface area contributed by atoms with Crippen molar-refractivity contribution in [2.75, 3.05) is 23.5 Å². The summed E-state index contributed by atoms with van der Waals surface area (Å²) in [6.07, 6.45) is 1.46. The number of phenolic OH excluding ortho intramolecular Hbond substituents is 1. The predicted molar refractivity (Wildman–Crippen MR) is 189 cm³/mol. The molecule has 3 amide bonds. The Kier molecular flexibility index (Phi) is 11.2. The molecule has 9 nitrogen and oxygen atoms in total. The number of hydrogen-bond acceptors (Lipinski definition) is 8.